The number of carbonyl (C=O) groups is 1. The van der Waals surface area contributed by atoms with Crippen molar-refractivity contribution in [2.24, 2.45) is 0 Å². The molecule has 5 heteroatoms. The molecule has 25 heavy (non-hydrogen) atoms. The summed E-state index contributed by atoms with van der Waals surface area (Å²) < 4.78 is 0. The molecule has 4 nitrogen and oxygen atoms in total. The fraction of sp³-hybridized carbons (Fsp3) is 0.250. The van der Waals surface area contributed by atoms with Crippen LogP contribution in [0, 0.1) is 0 Å². The van der Waals surface area contributed by atoms with Gasteiger partial charge in [-0.3, -0.25) is 10.1 Å². The van der Waals surface area contributed by atoms with Crippen molar-refractivity contribution in [3.05, 3.63) is 76.8 Å². The smallest absolute Gasteiger partial charge is 0.238 e. The first-order valence-corrected chi connectivity index (χ1v) is 9.01. The zero-order valence-corrected chi connectivity index (χ0v) is 15.4. The van der Waals surface area contributed by atoms with Gasteiger partial charge >= 0.3 is 0 Å². The van der Waals surface area contributed by atoms with E-state index in [0.717, 1.165) is 16.1 Å². The molecule has 0 bridgehead atoms. The molecule has 0 saturated heterocycles. The third-order valence-corrected chi connectivity index (χ3v) is 5.09. The van der Waals surface area contributed by atoms with Crippen LogP contribution in [0.2, 0.25) is 0 Å². The molecule has 0 radical (unpaired) electrons. The van der Waals surface area contributed by atoms with E-state index in [2.05, 4.69) is 36.3 Å². The van der Waals surface area contributed by atoms with Gasteiger partial charge in [-0.05, 0) is 11.1 Å². The highest BCUT2D eigenvalue weighted by Crippen LogP contribution is 2.30. The molecule has 0 spiro atoms. The third-order valence-electron chi connectivity index (χ3n) is 3.82. The molecule has 128 valence electrons. The van der Waals surface area contributed by atoms with E-state index >= 15 is 0 Å². The second kappa shape index (κ2) is 7.15. The Hall–Kier alpha value is -2.53. The summed E-state index contributed by atoms with van der Waals surface area (Å²) in [5, 5.41) is 12.7. The molecule has 2 aromatic carbocycles. The Bertz CT molecular complexity index is 799. The maximum Gasteiger partial charge on any atom is 0.238 e. The average molecular weight is 351 g/mol. The molecule has 0 unspecified atom stereocenters. The lowest BCUT2D eigenvalue weighted by molar-refractivity contribution is -0.116. The summed E-state index contributed by atoms with van der Waals surface area (Å²) in [4.78, 5) is 13.0. The van der Waals surface area contributed by atoms with Gasteiger partial charge in [-0.25, -0.2) is 0 Å². The zero-order chi connectivity index (χ0) is 17.9. The van der Waals surface area contributed by atoms with Crippen LogP contribution in [-0.2, 0) is 10.2 Å². The van der Waals surface area contributed by atoms with Crippen molar-refractivity contribution in [2.45, 2.75) is 32.1 Å². The number of nitrogens with one attached hydrogen (secondary N) is 1. The molecule has 0 fully saturated rings. The monoisotopic (exact) mass is 351 g/mol. The standard InChI is InChI=1S/C20H21N3OS/c1-20(2,3)18-22-23-19(25-18)21-17(24)16(14-10-6-4-7-11-14)15-12-8-5-9-13-15/h4-13,16H,1-3H3,(H,21,23,24). The summed E-state index contributed by atoms with van der Waals surface area (Å²) in [6, 6.07) is 19.6. The van der Waals surface area contributed by atoms with Crippen molar-refractivity contribution < 1.29 is 4.79 Å². The highest BCUT2D eigenvalue weighted by Gasteiger charge is 2.25. The number of rotatable bonds is 4. The van der Waals surface area contributed by atoms with Gasteiger partial charge in [0.25, 0.3) is 0 Å². The second-order valence-electron chi connectivity index (χ2n) is 6.91. The highest BCUT2D eigenvalue weighted by molar-refractivity contribution is 7.15. The van der Waals surface area contributed by atoms with Crippen LogP contribution >= 0.6 is 11.3 Å². The number of anilines is 1. The Kier molecular flexibility index (Phi) is 4.95. The van der Waals surface area contributed by atoms with Crippen molar-refractivity contribution in [1.29, 1.82) is 0 Å². The van der Waals surface area contributed by atoms with Crippen LogP contribution in [0.5, 0.6) is 0 Å². The van der Waals surface area contributed by atoms with Crippen LogP contribution in [0.1, 0.15) is 42.8 Å². The maximum atomic E-state index is 13.0. The van der Waals surface area contributed by atoms with Gasteiger partial charge < -0.3 is 0 Å². The first kappa shape index (κ1) is 17.3. The van der Waals surface area contributed by atoms with Gasteiger partial charge in [-0.1, -0.05) is 92.8 Å². The SMILES string of the molecule is CC(C)(C)c1nnc(NC(=O)C(c2ccccc2)c2ccccc2)s1. The number of hydrogen-bond donors (Lipinski definition) is 1. The van der Waals surface area contributed by atoms with Gasteiger partial charge in [0.2, 0.25) is 11.0 Å². The zero-order valence-electron chi connectivity index (χ0n) is 14.6. The minimum atomic E-state index is -0.385. The van der Waals surface area contributed by atoms with Crippen LogP contribution in [0.25, 0.3) is 0 Å². The Labute approximate surface area is 151 Å². The molecule has 1 N–H and O–H groups in total. The minimum absolute atomic E-state index is 0.0844. The van der Waals surface area contributed by atoms with E-state index in [-0.39, 0.29) is 17.2 Å². The Morgan fingerprint density at radius 1 is 0.920 bits per heavy atom. The molecule has 1 heterocycles. The molecule has 0 saturated carbocycles. The Balaban J connectivity index is 1.89. The largest absolute Gasteiger partial charge is 0.300 e. The fourth-order valence-corrected chi connectivity index (χ4v) is 3.34. The van der Waals surface area contributed by atoms with Crippen molar-refractivity contribution >= 4 is 22.4 Å². The highest BCUT2D eigenvalue weighted by atomic mass is 32.1. The van der Waals surface area contributed by atoms with Crippen LogP contribution < -0.4 is 5.32 Å². The predicted molar refractivity (Wildman–Crippen MR) is 102 cm³/mol. The van der Waals surface area contributed by atoms with E-state index in [1.165, 1.54) is 11.3 Å². The molecular weight excluding hydrogens is 330 g/mol. The van der Waals surface area contributed by atoms with Crippen molar-refractivity contribution in [3.8, 4) is 0 Å². The summed E-state index contributed by atoms with van der Waals surface area (Å²) in [5.74, 6) is -0.488. The second-order valence-corrected chi connectivity index (χ2v) is 7.88. The molecule has 0 aliphatic heterocycles. The van der Waals surface area contributed by atoms with Crippen LogP contribution in [0.4, 0.5) is 5.13 Å². The van der Waals surface area contributed by atoms with Gasteiger partial charge in [0, 0.05) is 5.41 Å². The molecule has 0 aliphatic carbocycles. The summed E-state index contributed by atoms with van der Waals surface area (Å²) >= 11 is 1.42. The number of nitrogens with zero attached hydrogens (tertiary/aromatic N) is 2. The van der Waals surface area contributed by atoms with Crippen LogP contribution in [-0.4, -0.2) is 16.1 Å². The van der Waals surface area contributed by atoms with Gasteiger partial charge in [-0.2, -0.15) is 0 Å². The summed E-state index contributed by atoms with van der Waals surface area (Å²) in [5.41, 5.74) is 1.82. The lowest BCUT2D eigenvalue weighted by Gasteiger charge is -2.17. The summed E-state index contributed by atoms with van der Waals surface area (Å²) in [6.07, 6.45) is 0. The van der Waals surface area contributed by atoms with Gasteiger partial charge in [0.15, 0.2) is 0 Å². The number of hydrogen-bond acceptors (Lipinski definition) is 4. The first-order chi connectivity index (χ1) is 11.9. The minimum Gasteiger partial charge on any atom is -0.300 e. The molecule has 0 aliphatic rings. The third kappa shape index (κ3) is 4.12. The first-order valence-electron chi connectivity index (χ1n) is 8.20. The van der Waals surface area contributed by atoms with E-state index in [1.54, 1.807) is 0 Å². The predicted octanol–water partition coefficient (Wildman–Crippen LogP) is 4.61. The van der Waals surface area contributed by atoms with E-state index in [9.17, 15) is 4.79 Å². The van der Waals surface area contributed by atoms with Gasteiger partial charge in [0.1, 0.15) is 5.01 Å². The number of carbonyl (C=O) groups excluding carboxylic acids is 1. The molecule has 3 rings (SSSR count). The number of benzene rings is 2. The van der Waals surface area contributed by atoms with E-state index in [0.29, 0.717) is 5.13 Å². The molecule has 3 aromatic rings. The topological polar surface area (TPSA) is 54.9 Å². The van der Waals surface area contributed by atoms with Crippen molar-refractivity contribution in [3.63, 3.8) is 0 Å². The Morgan fingerprint density at radius 2 is 1.44 bits per heavy atom. The van der Waals surface area contributed by atoms with E-state index in [4.69, 9.17) is 0 Å². The average Bonchev–Trinajstić information content (AvgIpc) is 3.06. The van der Waals surface area contributed by atoms with E-state index < -0.39 is 0 Å². The lowest BCUT2D eigenvalue weighted by atomic mass is 9.90. The molecule has 1 aromatic heterocycles. The number of amides is 1. The normalized spacial score (nSPS) is 11.5. The molecular formula is C20H21N3OS. The summed E-state index contributed by atoms with van der Waals surface area (Å²) in [7, 11) is 0. The van der Waals surface area contributed by atoms with Gasteiger partial charge in [0.05, 0.1) is 5.92 Å². The molecule has 0 atom stereocenters. The van der Waals surface area contributed by atoms with E-state index in [1.807, 2.05) is 60.7 Å². The summed E-state index contributed by atoms with van der Waals surface area (Å²) in [6.45, 7) is 6.24. The van der Waals surface area contributed by atoms with Crippen LogP contribution in [0.3, 0.4) is 0 Å². The fourth-order valence-electron chi connectivity index (χ4n) is 2.54. The molecule has 1 amide bonds. The maximum absolute atomic E-state index is 13.0. The van der Waals surface area contributed by atoms with Crippen LogP contribution in [0.15, 0.2) is 60.7 Å². The van der Waals surface area contributed by atoms with Gasteiger partial charge in [-0.15, -0.1) is 10.2 Å². The Morgan fingerprint density at radius 3 is 1.88 bits per heavy atom. The van der Waals surface area contributed by atoms with Crippen molar-refractivity contribution in [1.82, 2.24) is 10.2 Å². The number of aromatic nitrogens is 2. The lowest BCUT2D eigenvalue weighted by Crippen LogP contribution is -2.22. The van der Waals surface area contributed by atoms with Crippen molar-refractivity contribution in [2.75, 3.05) is 5.32 Å². The quantitative estimate of drug-likeness (QED) is 0.747.